The average molecular weight is 332 g/mol. The van der Waals surface area contributed by atoms with Crippen molar-refractivity contribution in [2.24, 2.45) is 0 Å². The second-order valence-corrected chi connectivity index (χ2v) is 7.42. The van der Waals surface area contributed by atoms with E-state index < -0.39 is 0 Å². The Bertz CT molecular complexity index is 491. The van der Waals surface area contributed by atoms with Crippen molar-refractivity contribution in [1.82, 2.24) is 9.80 Å². The van der Waals surface area contributed by atoms with Crippen LogP contribution < -0.4 is 5.32 Å². The number of piperidine rings is 2. The van der Waals surface area contributed by atoms with Crippen LogP contribution in [-0.4, -0.2) is 59.8 Å². The number of likely N-dealkylation sites (tertiary alicyclic amines) is 2. The fourth-order valence-corrected chi connectivity index (χ4v) is 3.95. The molecule has 0 saturated carbocycles. The summed E-state index contributed by atoms with van der Waals surface area (Å²) in [5.41, 5.74) is 2.70. The van der Waals surface area contributed by atoms with Crippen LogP contribution in [-0.2, 0) is 6.54 Å². The number of para-hydroxylation sites is 1. The second-order valence-electron chi connectivity index (χ2n) is 7.42. The summed E-state index contributed by atoms with van der Waals surface area (Å²) in [4.78, 5) is 5.06. The van der Waals surface area contributed by atoms with Crippen LogP contribution in [0.2, 0.25) is 0 Å². The van der Waals surface area contributed by atoms with E-state index in [1.54, 1.807) is 0 Å². The van der Waals surface area contributed by atoms with Gasteiger partial charge in [0.2, 0.25) is 0 Å². The molecule has 0 amide bonds. The third kappa shape index (κ3) is 4.95. The van der Waals surface area contributed by atoms with Crippen molar-refractivity contribution >= 4 is 5.69 Å². The van der Waals surface area contributed by atoms with Crippen molar-refractivity contribution in [1.29, 1.82) is 0 Å². The van der Waals surface area contributed by atoms with Crippen molar-refractivity contribution < 1.29 is 5.11 Å². The first-order valence-electron chi connectivity index (χ1n) is 9.72. The van der Waals surface area contributed by atoms with Gasteiger partial charge < -0.3 is 15.3 Å². The Hall–Kier alpha value is -1.10. The molecule has 0 spiro atoms. The number of benzene rings is 1. The Morgan fingerprint density at radius 1 is 1.00 bits per heavy atom. The predicted octanol–water partition coefficient (Wildman–Crippen LogP) is 2.93. The first kappa shape index (κ1) is 17.7. The molecule has 0 aliphatic carbocycles. The van der Waals surface area contributed by atoms with Crippen LogP contribution in [0.25, 0.3) is 0 Å². The van der Waals surface area contributed by atoms with Crippen molar-refractivity contribution in [3.63, 3.8) is 0 Å². The highest BCUT2D eigenvalue weighted by molar-refractivity contribution is 5.51. The van der Waals surface area contributed by atoms with Gasteiger partial charge in [0.05, 0.1) is 6.10 Å². The maximum Gasteiger partial charge on any atom is 0.0564 e. The van der Waals surface area contributed by atoms with Gasteiger partial charge in [-0.1, -0.05) is 25.1 Å². The van der Waals surface area contributed by atoms with E-state index in [1.807, 2.05) is 0 Å². The van der Waals surface area contributed by atoms with Gasteiger partial charge in [0.15, 0.2) is 0 Å². The summed E-state index contributed by atoms with van der Waals surface area (Å²) in [5, 5.41) is 13.5. The molecule has 2 heterocycles. The second kappa shape index (κ2) is 8.84. The van der Waals surface area contributed by atoms with Gasteiger partial charge in [-0.05, 0) is 50.3 Å². The van der Waals surface area contributed by atoms with E-state index in [-0.39, 0.29) is 6.10 Å². The van der Waals surface area contributed by atoms with Crippen molar-refractivity contribution in [3.8, 4) is 0 Å². The maximum atomic E-state index is 9.68. The average Bonchev–Trinajstić information content (AvgIpc) is 2.61. The van der Waals surface area contributed by atoms with Gasteiger partial charge in [0, 0.05) is 44.5 Å². The fraction of sp³-hybridized carbons (Fsp3) is 0.700. The third-order valence-electron chi connectivity index (χ3n) is 5.46. The first-order valence-corrected chi connectivity index (χ1v) is 9.72. The topological polar surface area (TPSA) is 38.7 Å². The molecule has 3 rings (SSSR count). The lowest BCUT2D eigenvalue weighted by Gasteiger charge is -2.34. The Morgan fingerprint density at radius 3 is 2.38 bits per heavy atom. The fourth-order valence-electron chi connectivity index (χ4n) is 3.95. The maximum absolute atomic E-state index is 9.68. The van der Waals surface area contributed by atoms with Crippen molar-refractivity contribution in [3.05, 3.63) is 29.8 Å². The standard InChI is InChI=1S/C20H33N3O/c1-2-11-22-12-7-18(8-13-22)21-20-6-4-3-5-17(20)16-23-14-9-19(24)10-15-23/h3-6,18-19,21,24H,2,7-16H2,1H3. The van der Waals surface area contributed by atoms with Gasteiger partial charge in [-0.3, -0.25) is 4.90 Å². The van der Waals surface area contributed by atoms with E-state index in [0.717, 1.165) is 32.5 Å². The van der Waals surface area contributed by atoms with Crippen LogP contribution in [0.3, 0.4) is 0 Å². The van der Waals surface area contributed by atoms with Crippen molar-refractivity contribution in [2.45, 2.75) is 57.7 Å². The Balaban J connectivity index is 1.54. The summed E-state index contributed by atoms with van der Waals surface area (Å²) in [6, 6.07) is 9.36. The van der Waals surface area contributed by atoms with Crippen LogP contribution in [0, 0.1) is 0 Å². The SMILES string of the molecule is CCCN1CCC(Nc2ccccc2CN2CCC(O)CC2)CC1. The van der Waals surface area contributed by atoms with Gasteiger partial charge in [0.1, 0.15) is 0 Å². The zero-order valence-electron chi connectivity index (χ0n) is 15.1. The smallest absolute Gasteiger partial charge is 0.0564 e. The summed E-state index contributed by atoms with van der Waals surface area (Å²) >= 11 is 0. The zero-order valence-corrected chi connectivity index (χ0v) is 15.1. The quantitative estimate of drug-likeness (QED) is 0.841. The number of rotatable bonds is 6. The molecule has 0 aromatic heterocycles. The van der Waals surface area contributed by atoms with Crippen LogP contribution in [0.5, 0.6) is 0 Å². The molecule has 1 aromatic carbocycles. The number of nitrogens with zero attached hydrogens (tertiary/aromatic N) is 2. The molecule has 0 atom stereocenters. The zero-order chi connectivity index (χ0) is 16.8. The summed E-state index contributed by atoms with van der Waals surface area (Å²) < 4.78 is 0. The van der Waals surface area contributed by atoms with Crippen LogP contribution >= 0.6 is 0 Å². The van der Waals surface area contributed by atoms with E-state index >= 15 is 0 Å². The minimum Gasteiger partial charge on any atom is -0.393 e. The molecule has 2 aliphatic rings. The van der Waals surface area contributed by atoms with E-state index in [0.29, 0.717) is 6.04 Å². The number of hydrogen-bond donors (Lipinski definition) is 2. The van der Waals surface area contributed by atoms with E-state index in [4.69, 9.17) is 0 Å². The molecule has 0 radical (unpaired) electrons. The number of nitrogens with one attached hydrogen (secondary N) is 1. The van der Waals surface area contributed by atoms with Gasteiger partial charge in [-0.2, -0.15) is 0 Å². The molecule has 2 aliphatic heterocycles. The molecule has 1 aromatic rings. The molecule has 0 unspecified atom stereocenters. The highest BCUT2D eigenvalue weighted by atomic mass is 16.3. The molecule has 4 nitrogen and oxygen atoms in total. The molecular formula is C20H33N3O. The van der Waals surface area contributed by atoms with Crippen LogP contribution in [0.1, 0.15) is 44.6 Å². The van der Waals surface area contributed by atoms with Crippen LogP contribution in [0.4, 0.5) is 5.69 Å². The number of hydrogen-bond acceptors (Lipinski definition) is 4. The summed E-state index contributed by atoms with van der Waals surface area (Å²) in [6.45, 7) is 8.94. The molecule has 0 bridgehead atoms. The molecule has 2 N–H and O–H groups in total. The first-order chi connectivity index (χ1) is 11.7. The molecule has 2 fully saturated rings. The van der Waals surface area contributed by atoms with Gasteiger partial charge in [0.25, 0.3) is 0 Å². The van der Waals surface area contributed by atoms with E-state index in [2.05, 4.69) is 46.3 Å². The lowest BCUT2D eigenvalue weighted by Crippen LogP contribution is -2.39. The highest BCUT2D eigenvalue weighted by Gasteiger charge is 2.21. The monoisotopic (exact) mass is 331 g/mol. The minimum atomic E-state index is -0.0945. The lowest BCUT2D eigenvalue weighted by molar-refractivity contribution is 0.0793. The number of aliphatic hydroxyl groups is 1. The highest BCUT2D eigenvalue weighted by Crippen LogP contribution is 2.23. The van der Waals surface area contributed by atoms with Gasteiger partial charge >= 0.3 is 0 Å². The lowest BCUT2D eigenvalue weighted by atomic mass is 10.0. The minimum absolute atomic E-state index is 0.0945. The summed E-state index contributed by atoms with van der Waals surface area (Å²) in [6.07, 6.45) is 5.46. The van der Waals surface area contributed by atoms with E-state index in [1.165, 1.54) is 50.1 Å². The van der Waals surface area contributed by atoms with Gasteiger partial charge in [-0.25, -0.2) is 0 Å². The number of anilines is 1. The molecular weight excluding hydrogens is 298 g/mol. The van der Waals surface area contributed by atoms with E-state index in [9.17, 15) is 5.11 Å². The molecule has 134 valence electrons. The van der Waals surface area contributed by atoms with Gasteiger partial charge in [-0.15, -0.1) is 0 Å². The third-order valence-corrected chi connectivity index (χ3v) is 5.46. The molecule has 4 heteroatoms. The number of aliphatic hydroxyl groups excluding tert-OH is 1. The largest absolute Gasteiger partial charge is 0.393 e. The van der Waals surface area contributed by atoms with Crippen molar-refractivity contribution in [2.75, 3.05) is 38.0 Å². The normalized spacial score (nSPS) is 21.9. The Labute approximate surface area is 146 Å². The predicted molar refractivity (Wildman–Crippen MR) is 100 cm³/mol. The molecule has 24 heavy (non-hydrogen) atoms. The molecule has 2 saturated heterocycles. The Morgan fingerprint density at radius 2 is 1.67 bits per heavy atom. The Kier molecular flexibility index (Phi) is 6.52. The summed E-state index contributed by atoms with van der Waals surface area (Å²) in [5.74, 6) is 0. The summed E-state index contributed by atoms with van der Waals surface area (Å²) in [7, 11) is 0. The van der Waals surface area contributed by atoms with Crippen LogP contribution in [0.15, 0.2) is 24.3 Å².